The Morgan fingerprint density at radius 2 is 1.70 bits per heavy atom. The molecule has 46 heavy (non-hydrogen) atoms. The number of aliphatic hydroxyl groups is 2. The van der Waals surface area contributed by atoms with Crippen molar-refractivity contribution in [2.24, 2.45) is 11.3 Å². The molecular weight excluding hydrogens is 583 g/mol. The number of halogens is 1. The molecule has 248 valence electrons. The summed E-state index contributed by atoms with van der Waals surface area (Å²) in [6.07, 6.45) is 7.63. The summed E-state index contributed by atoms with van der Waals surface area (Å²) in [5.41, 5.74) is 0.883. The molecule has 0 spiro atoms. The minimum absolute atomic E-state index is 0.0309. The number of alkyl halides is 1. The fourth-order valence-electron chi connectivity index (χ4n) is 7.84. The topological polar surface area (TPSA) is 112 Å². The van der Waals surface area contributed by atoms with Crippen LogP contribution in [0.25, 0.3) is 11.1 Å². The Morgan fingerprint density at radius 3 is 2.26 bits per heavy atom. The van der Waals surface area contributed by atoms with Gasteiger partial charge in [0.15, 0.2) is 11.5 Å². The SMILES string of the molecule is C[C@H](O)C[C@H]1C[C@H](NC(=O)N(CC23CCC(c4noc(C(C)(C)F)n4)(CC2)CC3)c2cccc(-c3ccc(C(C)(C)O)cc3)c2)C1. The van der Waals surface area contributed by atoms with Gasteiger partial charge in [-0.15, -0.1) is 0 Å². The van der Waals surface area contributed by atoms with Gasteiger partial charge in [-0.2, -0.15) is 4.98 Å². The average molecular weight is 633 g/mol. The molecule has 2 amide bonds. The molecule has 1 aromatic heterocycles. The lowest BCUT2D eigenvalue weighted by Crippen LogP contribution is -2.55. The molecule has 0 radical (unpaired) electrons. The van der Waals surface area contributed by atoms with E-state index in [9.17, 15) is 19.4 Å². The molecular formula is C37H49FN4O4. The average Bonchev–Trinajstić information content (AvgIpc) is 3.52. The molecule has 1 heterocycles. The van der Waals surface area contributed by atoms with E-state index in [1.54, 1.807) is 13.8 Å². The van der Waals surface area contributed by atoms with Crippen LogP contribution >= 0.6 is 0 Å². The molecule has 0 saturated heterocycles. The van der Waals surface area contributed by atoms with Gasteiger partial charge in [0.1, 0.15) is 0 Å². The summed E-state index contributed by atoms with van der Waals surface area (Å²) < 4.78 is 19.9. The van der Waals surface area contributed by atoms with Crippen molar-refractivity contribution in [2.45, 2.75) is 121 Å². The number of carbonyl (C=O) groups excluding carboxylic acids is 1. The van der Waals surface area contributed by atoms with Crippen LogP contribution in [-0.2, 0) is 16.7 Å². The third-order valence-corrected chi connectivity index (χ3v) is 10.9. The number of hydrogen-bond acceptors (Lipinski definition) is 6. The maximum absolute atomic E-state index is 14.5. The Morgan fingerprint density at radius 1 is 1.04 bits per heavy atom. The largest absolute Gasteiger partial charge is 0.393 e. The van der Waals surface area contributed by atoms with Gasteiger partial charge in [-0.25, -0.2) is 9.18 Å². The van der Waals surface area contributed by atoms with Crippen molar-refractivity contribution >= 4 is 11.7 Å². The lowest BCUT2D eigenvalue weighted by molar-refractivity contribution is 0.0404. The van der Waals surface area contributed by atoms with E-state index in [4.69, 9.17) is 4.52 Å². The number of amides is 2. The number of benzene rings is 2. The minimum Gasteiger partial charge on any atom is -0.393 e. The molecule has 4 aliphatic carbocycles. The van der Waals surface area contributed by atoms with E-state index in [0.717, 1.165) is 80.2 Å². The Bertz CT molecular complexity index is 1510. The lowest BCUT2D eigenvalue weighted by atomic mass is 9.53. The van der Waals surface area contributed by atoms with Crippen molar-refractivity contribution in [1.29, 1.82) is 0 Å². The van der Waals surface area contributed by atoms with Crippen molar-refractivity contribution in [2.75, 3.05) is 11.4 Å². The van der Waals surface area contributed by atoms with Gasteiger partial charge in [0.25, 0.3) is 5.89 Å². The maximum Gasteiger partial charge on any atom is 0.322 e. The fraction of sp³-hybridized carbons (Fsp3) is 0.595. The number of rotatable bonds is 10. The molecule has 4 aliphatic rings. The standard InChI is InChI=1S/C37H49FN4O4/c1-24(43)19-25-20-29(21-25)39-33(44)42(30-8-6-7-27(22-30)26-9-11-28(12-10-26)35(4,5)45)23-36-13-16-37(17-14-36,18-15-36)31-40-32(46-41-31)34(2,3)38/h6-12,22,24-25,29,43,45H,13-21,23H2,1-5H3,(H,39,44)/t24-,25-,29-,36?,37?/m0/s1. The second-order valence-corrected chi connectivity index (χ2v) is 15.5. The zero-order valence-corrected chi connectivity index (χ0v) is 27.9. The predicted molar refractivity (Wildman–Crippen MR) is 176 cm³/mol. The molecule has 4 fully saturated rings. The third kappa shape index (κ3) is 6.72. The van der Waals surface area contributed by atoms with E-state index >= 15 is 0 Å². The van der Waals surface area contributed by atoms with Gasteiger partial charge in [0.05, 0.1) is 11.7 Å². The second kappa shape index (κ2) is 12.1. The first-order valence-electron chi connectivity index (χ1n) is 16.9. The monoisotopic (exact) mass is 632 g/mol. The maximum atomic E-state index is 14.5. The molecule has 3 aromatic rings. The van der Waals surface area contributed by atoms with Crippen molar-refractivity contribution in [3.63, 3.8) is 0 Å². The van der Waals surface area contributed by atoms with Crippen molar-refractivity contribution in [1.82, 2.24) is 15.5 Å². The Labute approximate surface area is 271 Å². The van der Waals surface area contributed by atoms with Crippen molar-refractivity contribution in [3.05, 3.63) is 65.8 Å². The van der Waals surface area contributed by atoms with Crippen molar-refractivity contribution < 1.29 is 23.9 Å². The number of urea groups is 1. The molecule has 9 heteroatoms. The van der Waals surface area contributed by atoms with Crippen LogP contribution in [0.15, 0.2) is 53.1 Å². The van der Waals surface area contributed by atoms with E-state index in [0.29, 0.717) is 18.3 Å². The highest BCUT2D eigenvalue weighted by atomic mass is 19.1. The van der Waals surface area contributed by atoms with E-state index in [2.05, 4.69) is 27.6 Å². The lowest BCUT2D eigenvalue weighted by Gasteiger charge is -2.53. The molecule has 1 atom stereocenters. The second-order valence-electron chi connectivity index (χ2n) is 15.5. The summed E-state index contributed by atoms with van der Waals surface area (Å²) in [5.74, 6) is 1.09. The highest BCUT2D eigenvalue weighted by molar-refractivity contribution is 5.93. The summed E-state index contributed by atoms with van der Waals surface area (Å²) in [6.45, 7) is 8.85. The number of fused-ring (bicyclic) bond motifs is 3. The quantitative estimate of drug-likeness (QED) is 0.213. The highest BCUT2D eigenvalue weighted by Crippen LogP contribution is 2.57. The van der Waals surface area contributed by atoms with E-state index < -0.39 is 11.3 Å². The summed E-state index contributed by atoms with van der Waals surface area (Å²) >= 11 is 0. The molecule has 0 aliphatic heterocycles. The van der Waals surface area contributed by atoms with Crippen molar-refractivity contribution in [3.8, 4) is 11.1 Å². The van der Waals surface area contributed by atoms with E-state index in [1.807, 2.05) is 48.2 Å². The number of carbonyl (C=O) groups is 1. The van der Waals surface area contributed by atoms with E-state index in [-0.39, 0.29) is 34.9 Å². The molecule has 8 nitrogen and oxygen atoms in total. The highest BCUT2D eigenvalue weighted by Gasteiger charge is 2.53. The normalized spacial score (nSPS) is 26.8. The van der Waals surface area contributed by atoms with Crippen LogP contribution < -0.4 is 10.2 Å². The Hall–Kier alpha value is -3.30. The Kier molecular flexibility index (Phi) is 8.55. The Balaban J connectivity index is 1.22. The summed E-state index contributed by atoms with van der Waals surface area (Å²) in [4.78, 5) is 20.5. The first kappa shape index (κ1) is 32.6. The van der Waals surface area contributed by atoms with Gasteiger partial charge >= 0.3 is 6.03 Å². The first-order chi connectivity index (χ1) is 21.6. The molecule has 2 aromatic carbocycles. The minimum atomic E-state index is -1.67. The van der Waals surface area contributed by atoms with Gasteiger partial charge < -0.3 is 20.1 Å². The summed E-state index contributed by atoms with van der Waals surface area (Å²) in [6, 6.07) is 16.1. The van der Waals surface area contributed by atoms with Gasteiger partial charge in [0.2, 0.25) is 0 Å². The summed E-state index contributed by atoms with van der Waals surface area (Å²) in [5, 5.41) is 27.8. The zero-order valence-electron chi connectivity index (χ0n) is 27.9. The zero-order chi connectivity index (χ0) is 32.9. The van der Waals surface area contributed by atoms with Crippen LogP contribution in [0.5, 0.6) is 0 Å². The number of hydrogen-bond donors (Lipinski definition) is 3. The molecule has 4 saturated carbocycles. The van der Waals surface area contributed by atoms with Crippen LogP contribution in [0, 0.1) is 11.3 Å². The van der Waals surface area contributed by atoms with Gasteiger partial charge in [-0.05, 0) is 133 Å². The number of nitrogens with zero attached hydrogens (tertiary/aromatic N) is 3. The van der Waals surface area contributed by atoms with Crippen LogP contribution in [-0.4, -0.2) is 45.1 Å². The fourth-order valence-corrected chi connectivity index (χ4v) is 7.84. The number of nitrogens with one attached hydrogen (secondary N) is 1. The molecule has 3 N–H and O–H groups in total. The van der Waals surface area contributed by atoms with Crippen LogP contribution in [0.3, 0.4) is 0 Å². The number of anilines is 1. The van der Waals surface area contributed by atoms with Crippen LogP contribution in [0.4, 0.5) is 14.9 Å². The molecule has 2 bridgehead atoms. The first-order valence-corrected chi connectivity index (χ1v) is 16.9. The van der Waals surface area contributed by atoms with Crippen LogP contribution in [0.2, 0.25) is 0 Å². The smallest absolute Gasteiger partial charge is 0.322 e. The molecule has 7 rings (SSSR count). The summed E-state index contributed by atoms with van der Waals surface area (Å²) in [7, 11) is 0. The predicted octanol–water partition coefficient (Wildman–Crippen LogP) is 7.53. The third-order valence-electron chi connectivity index (χ3n) is 10.9. The number of aromatic nitrogens is 2. The molecule has 0 unspecified atom stereocenters. The van der Waals surface area contributed by atoms with Gasteiger partial charge in [-0.1, -0.05) is 41.6 Å². The van der Waals surface area contributed by atoms with E-state index in [1.165, 1.54) is 13.8 Å². The van der Waals surface area contributed by atoms with Gasteiger partial charge in [-0.3, -0.25) is 4.90 Å². The van der Waals surface area contributed by atoms with Gasteiger partial charge in [0, 0.05) is 23.7 Å². The van der Waals surface area contributed by atoms with Crippen LogP contribution in [0.1, 0.15) is 110 Å². The number of aliphatic hydroxyl groups excluding tert-OH is 1.